The Morgan fingerprint density at radius 2 is 2.05 bits per heavy atom. The van der Waals surface area contributed by atoms with E-state index >= 15 is 0 Å². The molecule has 3 heterocycles. The summed E-state index contributed by atoms with van der Waals surface area (Å²) in [4.78, 5) is 7.06. The first-order valence-electron chi connectivity index (χ1n) is 7.60. The second-order valence-electron chi connectivity index (χ2n) is 6.13. The highest BCUT2D eigenvalue weighted by Gasteiger charge is 2.32. The van der Waals surface area contributed by atoms with Gasteiger partial charge >= 0.3 is 0 Å². The van der Waals surface area contributed by atoms with Gasteiger partial charge in [-0.05, 0) is 49.9 Å². The Labute approximate surface area is 130 Å². The van der Waals surface area contributed by atoms with Crippen LogP contribution in [0.3, 0.4) is 0 Å². The molecule has 0 amide bonds. The molecule has 0 bridgehead atoms. The van der Waals surface area contributed by atoms with Crippen molar-refractivity contribution < 1.29 is 5.11 Å². The average Bonchev–Trinajstić information content (AvgIpc) is 2.90. The van der Waals surface area contributed by atoms with Gasteiger partial charge in [-0.2, -0.15) is 0 Å². The van der Waals surface area contributed by atoms with Gasteiger partial charge in [0.05, 0.1) is 10.7 Å². The van der Waals surface area contributed by atoms with Gasteiger partial charge in [0, 0.05) is 25.5 Å². The molecule has 0 atom stereocenters. The van der Waals surface area contributed by atoms with Gasteiger partial charge in [0.1, 0.15) is 5.65 Å². The Morgan fingerprint density at radius 3 is 2.71 bits per heavy atom. The van der Waals surface area contributed by atoms with Crippen molar-refractivity contribution in [3.05, 3.63) is 35.2 Å². The number of aliphatic hydroxyl groups is 1. The van der Waals surface area contributed by atoms with E-state index in [1.54, 1.807) is 0 Å². The van der Waals surface area contributed by atoms with E-state index in [9.17, 15) is 5.11 Å². The molecule has 1 N–H and O–H groups in total. The monoisotopic (exact) mass is 307 g/mol. The third-order valence-corrected chi connectivity index (χ3v) is 5.08. The lowest BCUT2D eigenvalue weighted by Crippen LogP contribution is -2.41. The third-order valence-electron chi connectivity index (χ3n) is 4.85. The molecule has 0 saturated carbocycles. The van der Waals surface area contributed by atoms with E-state index in [4.69, 9.17) is 11.6 Å². The highest BCUT2D eigenvalue weighted by atomic mass is 35.5. The minimum absolute atomic E-state index is 0.142. The standard InChI is InChI=1S/C16H22ClN3O/c1-2-16(12-21)5-7-19(8-6-16)10-14-11-20-9-13(17)3-4-15(20)18-14/h3-4,9,11,21H,2,5-8,10,12H2,1H3. The smallest absolute Gasteiger partial charge is 0.137 e. The van der Waals surface area contributed by atoms with Crippen molar-refractivity contribution in [2.24, 2.45) is 5.41 Å². The Kier molecular flexibility index (Phi) is 4.20. The number of halogens is 1. The normalized spacial score (nSPS) is 19.2. The number of aliphatic hydroxyl groups excluding tert-OH is 1. The van der Waals surface area contributed by atoms with Crippen LogP contribution in [0, 0.1) is 5.41 Å². The van der Waals surface area contributed by atoms with E-state index in [0.29, 0.717) is 6.61 Å². The van der Waals surface area contributed by atoms with Crippen molar-refractivity contribution in [3.8, 4) is 0 Å². The second kappa shape index (κ2) is 5.95. The molecule has 0 spiro atoms. The summed E-state index contributed by atoms with van der Waals surface area (Å²) in [5.41, 5.74) is 2.15. The fourth-order valence-corrected chi connectivity index (χ4v) is 3.30. The number of imidazole rings is 1. The van der Waals surface area contributed by atoms with Crippen LogP contribution in [0.2, 0.25) is 5.02 Å². The third kappa shape index (κ3) is 3.07. The van der Waals surface area contributed by atoms with E-state index in [-0.39, 0.29) is 5.41 Å². The molecule has 1 aliphatic heterocycles. The van der Waals surface area contributed by atoms with E-state index < -0.39 is 0 Å². The maximum atomic E-state index is 9.59. The average molecular weight is 308 g/mol. The predicted molar refractivity (Wildman–Crippen MR) is 84.5 cm³/mol. The van der Waals surface area contributed by atoms with Crippen molar-refractivity contribution in [2.45, 2.75) is 32.7 Å². The molecule has 5 heteroatoms. The van der Waals surface area contributed by atoms with Crippen molar-refractivity contribution in [2.75, 3.05) is 19.7 Å². The van der Waals surface area contributed by atoms with Crippen LogP contribution < -0.4 is 0 Å². The van der Waals surface area contributed by atoms with E-state index in [2.05, 4.69) is 23.0 Å². The number of hydrogen-bond donors (Lipinski definition) is 1. The largest absolute Gasteiger partial charge is 0.396 e. The number of pyridine rings is 1. The van der Waals surface area contributed by atoms with Gasteiger partial charge in [0.15, 0.2) is 0 Å². The topological polar surface area (TPSA) is 40.8 Å². The zero-order chi connectivity index (χ0) is 14.9. The van der Waals surface area contributed by atoms with Crippen LogP contribution in [0.1, 0.15) is 31.9 Å². The second-order valence-corrected chi connectivity index (χ2v) is 6.57. The Balaban J connectivity index is 1.66. The SMILES string of the molecule is CCC1(CO)CCN(Cc2cn3cc(Cl)ccc3n2)CC1. The quantitative estimate of drug-likeness (QED) is 0.944. The van der Waals surface area contributed by atoms with Crippen molar-refractivity contribution in [3.63, 3.8) is 0 Å². The summed E-state index contributed by atoms with van der Waals surface area (Å²) in [7, 11) is 0. The number of hydrogen-bond acceptors (Lipinski definition) is 3. The summed E-state index contributed by atoms with van der Waals surface area (Å²) in [5.74, 6) is 0. The summed E-state index contributed by atoms with van der Waals surface area (Å²) in [5, 5.41) is 10.3. The molecular weight excluding hydrogens is 286 g/mol. The van der Waals surface area contributed by atoms with Gasteiger partial charge in [-0.25, -0.2) is 4.98 Å². The molecule has 1 saturated heterocycles. The van der Waals surface area contributed by atoms with Crippen LogP contribution in [0.25, 0.3) is 5.65 Å². The van der Waals surface area contributed by atoms with Crippen LogP contribution >= 0.6 is 11.6 Å². The first-order valence-corrected chi connectivity index (χ1v) is 7.98. The number of nitrogens with zero attached hydrogens (tertiary/aromatic N) is 3. The highest BCUT2D eigenvalue weighted by Crippen LogP contribution is 2.34. The van der Waals surface area contributed by atoms with Crippen LogP contribution in [0.5, 0.6) is 0 Å². The summed E-state index contributed by atoms with van der Waals surface area (Å²) in [6, 6.07) is 3.81. The Hall–Kier alpha value is -1.10. The molecule has 0 aliphatic carbocycles. The van der Waals surface area contributed by atoms with E-state index in [1.807, 2.05) is 22.7 Å². The first-order chi connectivity index (χ1) is 10.1. The molecule has 4 nitrogen and oxygen atoms in total. The molecular formula is C16H22ClN3O. The lowest BCUT2D eigenvalue weighted by molar-refractivity contribution is 0.0379. The number of aromatic nitrogens is 2. The molecule has 1 aliphatic rings. The molecule has 0 unspecified atom stereocenters. The number of piperidine rings is 1. The Bertz CT molecular complexity index is 611. The molecule has 1 fully saturated rings. The van der Waals surface area contributed by atoms with Gasteiger partial charge in [-0.3, -0.25) is 4.90 Å². The van der Waals surface area contributed by atoms with Gasteiger partial charge < -0.3 is 9.51 Å². The number of fused-ring (bicyclic) bond motifs is 1. The Morgan fingerprint density at radius 1 is 1.29 bits per heavy atom. The fraction of sp³-hybridized carbons (Fsp3) is 0.562. The van der Waals surface area contributed by atoms with E-state index in [0.717, 1.165) is 55.3 Å². The zero-order valence-corrected chi connectivity index (χ0v) is 13.2. The predicted octanol–water partition coefficient (Wildman–Crippen LogP) is 2.97. The molecule has 3 rings (SSSR count). The summed E-state index contributed by atoms with van der Waals surface area (Å²) >= 11 is 6.00. The van der Waals surface area contributed by atoms with Crippen LogP contribution in [-0.2, 0) is 6.54 Å². The maximum absolute atomic E-state index is 9.59. The number of rotatable bonds is 4. The molecule has 0 radical (unpaired) electrons. The molecule has 2 aromatic rings. The van der Waals surface area contributed by atoms with Gasteiger partial charge in [-0.1, -0.05) is 18.5 Å². The van der Waals surface area contributed by atoms with Gasteiger partial charge in [-0.15, -0.1) is 0 Å². The fourth-order valence-electron chi connectivity index (χ4n) is 3.13. The highest BCUT2D eigenvalue weighted by molar-refractivity contribution is 6.30. The number of likely N-dealkylation sites (tertiary alicyclic amines) is 1. The molecule has 0 aromatic carbocycles. The van der Waals surface area contributed by atoms with Crippen LogP contribution in [-0.4, -0.2) is 39.1 Å². The lowest BCUT2D eigenvalue weighted by atomic mass is 9.77. The van der Waals surface area contributed by atoms with Crippen molar-refractivity contribution in [1.29, 1.82) is 0 Å². The van der Waals surface area contributed by atoms with Crippen molar-refractivity contribution >= 4 is 17.2 Å². The first kappa shape index (κ1) is 14.8. The van der Waals surface area contributed by atoms with Crippen LogP contribution in [0.4, 0.5) is 0 Å². The lowest BCUT2D eigenvalue weighted by Gasteiger charge is -2.40. The summed E-state index contributed by atoms with van der Waals surface area (Å²) < 4.78 is 1.98. The van der Waals surface area contributed by atoms with Crippen LogP contribution in [0.15, 0.2) is 24.5 Å². The van der Waals surface area contributed by atoms with Crippen molar-refractivity contribution in [1.82, 2.24) is 14.3 Å². The zero-order valence-electron chi connectivity index (χ0n) is 12.4. The minimum atomic E-state index is 0.142. The van der Waals surface area contributed by atoms with E-state index in [1.165, 1.54) is 0 Å². The summed E-state index contributed by atoms with van der Waals surface area (Å²) in [6.07, 6.45) is 7.13. The minimum Gasteiger partial charge on any atom is -0.396 e. The molecule has 21 heavy (non-hydrogen) atoms. The molecule has 114 valence electrons. The van der Waals surface area contributed by atoms with Gasteiger partial charge in [0.25, 0.3) is 0 Å². The molecule has 2 aromatic heterocycles. The maximum Gasteiger partial charge on any atom is 0.137 e. The summed E-state index contributed by atoms with van der Waals surface area (Å²) in [6.45, 7) is 5.42. The van der Waals surface area contributed by atoms with Gasteiger partial charge in [0.2, 0.25) is 0 Å².